The van der Waals surface area contributed by atoms with Gasteiger partial charge >= 0.3 is 6.18 Å². The Morgan fingerprint density at radius 1 is 1.23 bits per heavy atom. The molecule has 1 aromatic heterocycles. The van der Waals surface area contributed by atoms with Gasteiger partial charge in [0.25, 0.3) is 5.91 Å². The Labute approximate surface area is 150 Å². The first-order chi connectivity index (χ1) is 12.4. The lowest BCUT2D eigenvalue weighted by molar-refractivity contribution is -0.137. The summed E-state index contributed by atoms with van der Waals surface area (Å²) < 4.78 is 37.9. The van der Waals surface area contributed by atoms with Crippen LogP contribution in [0, 0.1) is 0 Å². The van der Waals surface area contributed by atoms with Crippen LogP contribution in [-0.4, -0.2) is 27.8 Å². The Balaban J connectivity index is 1.53. The largest absolute Gasteiger partial charge is 0.416 e. The van der Waals surface area contributed by atoms with Crippen LogP contribution in [-0.2, 0) is 11.0 Å². The molecule has 26 heavy (non-hydrogen) atoms. The molecule has 0 saturated heterocycles. The monoisotopic (exact) mass is 378 g/mol. The first kappa shape index (κ1) is 18.0. The minimum atomic E-state index is -4.42. The Bertz CT molecular complexity index is 919. The Morgan fingerprint density at radius 3 is 2.81 bits per heavy atom. The van der Waals surface area contributed by atoms with Gasteiger partial charge in [-0.05, 0) is 29.8 Å². The van der Waals surface area contributed by atoms with Crippen LogP contribution in [0.1, 0.15) is 11.1 Å². The van der Waals surface area contributed by atoms with Crippen molar-refractivity contribution in [3.8, 4) is 0 Å². The number of imidazole rings is 1. The van der Waals surface area contributed by atoms with Crippen molar-refractivity contribution in [2.75, 3.05) is 5.75 Å². The van der Waals surface area contributed by atoms with E-state index in [9.17, 15) is 18.0 Å². The van der Waals surface area contributed by atoms with Gasteiger partial charge in [0.05, 0.1) is 28.6 Å². The number of amides is 1. The number of rotatable bonds is 5. The van der Waals surface area contributed by atoms with Crippen LogP contribution >= 0.6 is 11.8 Å². The van der Waals surface area contributed by atoms with Crippen LogP contribution in [0.15, 0.2) is 58.8 Å². The summed E-state index contributed by atoms with van der Waals surface area (Å²) in [7, 11) is 0. The van der Waals surface area contributed by atoms with Gasteiger partial charge < -0.3 is 4.98 Å². The highest BCUT2D eigenvalue weighted by atomic mass is 32.2. The number of halogens is 3. The third-order valence-corrected chi connectivity index (χ3v) is 4.20. The normalized spacial score (nSPS) is 12.0. The number of alkyl halides is 3. The molecule has 0 aliphatic heterocycles. The van der Waals surface area contributed by atoms with E-state index in [0.29, 0.717) is 5.16 Å². The van der Waals surface area contributed by atoms with Crippen LogP contribution < -0.4 is 5.43 Å². The predicted octanol–water partition coefficient (Wildman–Crippen LogP) is 3.82. The van der Waals surface area contributed by atoms with Crippen molar-refractivity contribution in [1.29, 1.82) is 0 Å². The average molecular weight is 378 g/mol. The Hall–Kier alpha value is -2.81. The van der Waals surface area contributed by atoms with Crippen LogP contribution in [0.3, 0.4) is 0 Å². The van der Waals surface area contributed by atoms with Gasteiger partial charge in [-0.15, -0.1) is 0 Å². The quantitative estimate of drug-likeness (QED) is 0.403. The molecular weight excluding hydrogens is 365 g/mol. The Kier molecular flexibility index (Phi) is 5.27. The van der Waals surface area contributed by atoms with E-state index in [1.165, 1.54) is 30.1 Å². The summed E-state index contributed by atoms with van der Waals surface area (Å²) in [4.78, 5) is 19.2. The fraction of sp³-hybridized carbons (Fsp3) is 0.118. The summed E-state index contributed by atoms with van der Waals surface area (Å²) in [6.07, 6.45) is -3.25. The number of nitrogens with one attached hydrogen (secondary N) is 2. The topological polar surface area (TPSA) is 70.1 Å². The number of hydrogen-bond acceptors (Lipinski definition) is 4. The lowest BCUT2D eigenvalue weighted by Gasteiger charge is -2.06. The molecule has 0 fully saturated rings. The van der Waals surface area contributed by atoms with Gasteiger partial charge in [0, 0.05) is 0 Å². The number of aromatic nitrogens is 2. The summed E-state index contributed by atoms with van der Waals surface area (Å²) in [6, 6.07) is 12.2. The lowest BCUT2D eigenvalue weighted by atomic mass is 10.1. The molecule has 0 bridgehead atoms. The maximum absolute atomic E-state index is 12.6. The van der Waals surface area contributed by atoms with E-state index < -0.39 is 17.6 Å². The van der Waals surface area contributed by atoms with Crippen molar-refractivity contribution in [3.63, 3.8) is 0 Å². The maximum atomic E-state index is 12.6. The number of hydrazone groups is 1. The molecule has 0 unspecified atom stereocenters. The number of nitrogens with zero attached hydrogens (tertiary/aromatic N) is 2. The summed E-state index contributed by atoms with van der Waals surface area (Å²) >= 11 is 1.20. The smallest absolute Gasteiger partial charge is 0.333 e. The molecule has 2 aromatic carbocycles. The fourth-order valence-electron chi connectivity index (χ4n) is 2.14. The summed E-state index contributed by atoms with van der Waals surface area (Å²) in [5, 5.41) is 4.28. The molecule has 0 aliphatic rings. The molecule has 2 N–H and O–H groups in total. The molecule has 0 radical (unpaired) electrons. The molecule has 0 spiro atoms. The summed E-state index contributed by atoms with van der Waals surface area (Å²) in [5.74, 6) is -0.321. The van der Waals surface area contributed by atoms with Gasteiger partial charge in [0.1, 0.15) is 0 Å². The molecule has 9 heteroatoms. The third kappa shape index (κ3) is 4.63. The number of hydrogen-bond donors (Lipinski definition) is 2. The van der Waals surface area contributed by atoms with E-state index >= 15 is 0 Å². The van der Waals surface area contributed by atoms with Crippen LogP contribution in [0.25, 0.3) is 11.0 Å². The molecule has 3 aromatic rings. The number of carbonyl (C=O) groups excluding carboxylic acids is 1. The van der Waals surface area contributed by atoms with E-state index in [0.717, 1.165) is 23.2 Å². The van der Waals surface area contributed by atoms with Gasteiger partial charge in [-0.2, -0.15) is 18.3 Å². The highest BCUT2D eigenvalue weighted by Gasteiger charge is 2.30. The SMILES string of the molecule is O=C(CSc1nc2ccccc2[nH]1)N/N=C\c1cccc(C(F)(F)F)c1. The molecule has 5 nitrogen and oxygen atoms in total. The van der Waals surface area contributed by atoms with E-state index in [1.54, 1.807) is 0 Å². The highest BCUT2D eigenvalue weighted by Crippen LogP contribution is 2.29. The number of H-pyrrole nitrogens is 1. The molecule has 0 atom stereocenters. The summed E-state index contributed by atoms with van der Waals surface area (Å²) in [5.41, 5.74) is 3.43. The summed E-state index contributed by atoms with van der Waals surface area (Å²) in [6.45, 7) is 0. The van der Waals surface area contributed by atoms with Crippen molar-refractivity contribution in [2.45, 2.75) is 11.3 Å². The van der Waals surface area contributed by atoms with Crippen molar-refractivity contribution in [1.82, 2.24) is 15.4 Å². The molecule has 1 amide bonds. The van der Waals surface area contributed by atoms with Crippen LogP contribution in [0.2, 0.25) is 0 Å². The number of thioether (sulfide) groups is 1. The van der Waals surface area contributed by atoms with Crippen molar-refractivity contribution in [2.24, 2.45) is 5.10 Å². The second-order valence-corrected chi connectivity index (χ2v) is 6.23. The number of carbonyl (C=O) groups is 1. The first-order valence-corrected chi connectivity index (χ1v) is 8.47. The first-order valence-electron chi connectivity index (χ1n) is 7.48. The minimum absolute atomic E-state index is 0.0692. The number of para-hydroxylation sites is 2. The second-order valence-electron chi connectivity index (χ2n) is 5.26. The van der Waals surface area contributed by atoms with Crippen molar-refractivity contribution >= 4 is 34.9 Å². The Morgan fingerprint density at radius 2 is 2.04 bits per heavy atom. The van der Waals surface area contributed by atoms with E-state index in [1.807, 2.05) is 24.3 Å². The van der Waals surface area contributed by atoms with Crippen LogP contribution in [0.5, 0.6) is 0 Å². The number of benzene rings is 2. The van der Waals surface area contributed by atoms with Gasteiger partial charge in [0.2, 0.25) is 0 Å². The van der Waals surface area contributed by atoms with E-state index in [2.05, 4.69) is 20.5 Å². The predicted molar refractivity (Wildman–Crippen MR) is 94.0 cm³/mol. The molecule has 3 rings (SSSR count). The van der Waals surface area contributed by atoms with Crippen LogP contribution in [0.4, 0.5) is 13.2 Å². The molecule has 0 saturated carbocycles. The van der Waals surface area contributed by atoms with E-state index in [-0.39, 0.29) is 11.3 Å². The number of fused-ring (bicyclic) bond motifs is 1. The van der Waals surface area contributed by atoms with Crippen molar-refractivity contribution < 1.29 is 18.0 Å². The minimum Gasteiger partial charge on any atom is -0.333 e. The van der Waals surface area contributed by atoms with Gasteiger partial charge in [-0.3, -0.25) is 4.79 Å². The zero-order valence-electron chi connectivity index (χ0n) is 13.2. The third-order valence-electron chi connectivity index (χ3n) is 3.32. The highest BCUT2D eigenvalue weighted by molar-refractivity contribution is 7.99. The molecular formula is C17H13F3N4OS. The van der Waals surface area contributed by atoms with Gasteiger partial charge in [-0.1, -0.05) is 36.0 Å². The fourth-order valence-corrected chi connectivity index (χ4v) is 2.82. The maximum Gasteiger partial charge on any atom is 0.416 e. The second kappa shape index (κ2) is 7.61. The van der Waals surface area contributed by atoms with E-state index in [4.69, 9.17) is 0 Å². The lowest BCUT2D eigenvalue weighted by Crippen LogP contribution is -2.19. The molecule has 1 heterocycles. The van der Waals surface area contributed by atoms with Gasteiger partial charge in [0.15, 0.2) is 5.16 Å². The van der Waals surface area contributed by atoms with Crippen molar-refractivity contribution in [3.05, 3.63) is 59.7 Å². The standard InChI is InChI=1S/C17H13F3N4OS/c18-17(19,20)12-5-3-4-11(8-12)9-21-24-15(25)10-26-16-22-13-6-1-2-7-14(13)23-16/h1-9H,10H2,(H,22,23)(H,24,25)/b21-9-. The van der Waals surface area contributed by atoms with Gasteiger partial charge in [-0.25, -0.2) is 10.4 Å². The number of aromatic amines is 1. The molecule has 0 aliphatic carbocycles. The average Bonchev–Trinajstić information content (AvgIpc) is 3.02. The zero-order valence-corrected chi connectivity index (χ0v) is 14.1. The molecule has 134 valence electrons. The zero-order chi connectivity index (χ0) is 18.6.